The highest BCUT2D eigenvalue weighted by atomic mass is 32.2. The molecule has 0 radical (unpaired) electrons. The van der Waals surface area contributed by atoms with Crippen LogP contribution in [0.1, 0.15) is 163 Å². The van der Waals surface area contributed by atoms with Crippen LogP contribution in [0.2, 0.25) is 0 Å². The van der Waals surface area contributed by atoms with E-state index in [0.717, 1.165) is 52.4 Å². The fourth-order valence-corrected chi connectivity index (χ4v) is 9.74. The summed E-state index contributed by atoms with van der Waals surface area (Å²) >= 11 is 3.64. The van der Waals surface area contributed by atoms with E-state index in [-0.39, 0.29) is 0 Å². The topological polar surface area (TPSA) is 79.1 Å². The summed E-state index contributed by atoms with van der Waals surface area (Å²) in [6, 6.07) is 9.51. The minimum absolute atomic E-state index is 0.386. The minimum Gasteiger partial charge on any atom is -0.401 e. The molecular formula is C51H84N6S2. The molecule has 2 aliphatic carbocycles. The fraction of sp³-hybridized carbons (Fsp3) is 0.647. The molecule has 3 unspecified atom stereocenters. The van der Waals surface area contributed by atoms with E-state index in [9.17, 15) is 0 Å². The quantitative estimate of drug-likeness (QED) is 0.168. The number of nitrogens with zero attached hydrogens (tertiary/aromatic N) is 3. The van der Waals surface area contributed by atoms with Crippen LogP contribution in [0.3, 0.4) is 0 Å². The molecule has 2 aliphatic heterocycles. The van der Waals surface area contributed by atoms with Crippen LogP contribution >= 0.6 is 23.3 Å². The minimum atomic E-state index is 0.386. The number of nitrogens with two attached hydrogens (primary N) is 1. The molecule has 2 aromatic heterocycles. The first-order valence-corrected chi connectivity index (χ1v) is 24.8. The maximum atomic E-state index is 5.55. The van der Waals surface area contributed by atoms with Gasteiger partial charge in [-0.25, -0.2) is 9.97 Å². The van der Waals surface area contributed by atoms with E-state index >= 15 is 0 Å². The molecule has 4 aliphatic rings. The molecule has 7 rings (SSSR count). The van der Waals surface area contributed by atoms with Crippen molar-refractivity contribution in [2.24, 2.45) is 23.0 Å². The number of aromatic nitrogens is 2. The molecule has 0 amide bonds. The highest BCUT2D eigenvalue weighted by molar-refractivity contribution is 7.99. The van der Waals surface area contributed by atoms with Gasteiger partial charge in [0.05, 0.1) is 11.2 Å². The SMILES string of the molecule is C=C(N)C1CCCN1C.C=C1NSC2(CCCCCCCCCC3CC13)CC2.C=CCC(C)(C)C.CC.CCc1ccc2c(C)cc(-c3csc(NC(C)C)n3)nc2c1. The standard InChI is InChI=1S/C18H21N3S.C17H29NS.C7H14N2.C7H14.C2H6/c1-5-13-6-7-14-12(4)8-16(20-15(14)9-13)17-10-22-18(21-17)19-11(2)3;1-14-16-13-15(16)9-7-5-3-2-4-6-8-10-17(11-12-17)19-18-14;1-6(8)7-4-3-5-9(7)2;1-5-6-7(2,3)4;1-2/h6-11H,5H2,1-4H3,(H,19,21);15-16,18H,1-13H2;7H,1,3-5,8H2,2H3;5H,1,6H2,2-4H3;1-2H3. The molecule has 1 aromatic carbocycles. The molecule has 4 N–H and O–H groups in total. The third-order valence-corrected chi connectivity index (χ3v) is 13.8. The Bertz CT molecular complexity index is 1720. The highest BCUT2D eigenvalue weighted by Crippen LogP contribution is 2.53. The molecule has 1 spiro atoms. The van der Waals surface area contributed by atoms with E-state index in [1.807, 2.05) is 31.9 Å². The van der Waals surface area contributed by atoms with Crippen molar-refractivity contribution in [1.82, 2.24) is 19.6 Å². The number of hydrogen-bond donors (Lipinski definition) is 3. The van der Waals surface area contributed by atoms with Crippen LogP contribution in [0.25, 0.3) is 22.3 Å². The van der Waals surface area contributed by atoms with Gasteiger partial charge in [0.15, 0.2) is 5.13 Å². The van der Waals surface area contributed by atoms with E-state index in [2.05, 4.69) is 125 Å². The summed E-state index contributed by atoms with van der Waals surface area (Å²) in [6.07, 6.45) is 23.9. The molecule has 2 saturated carbocycles. The van der Waals surface area contributed by atoms with Gasteiger partial charge in [0.1, 0.15) is 5.69 Å². The number of aryl methyl sites for hydroxylation is 2. The Labute approximate surface area is 370 Å². The first-order chi connectivity index (χ1) is 28.1. The number of allylic oxidation sites excluding steroid dienone is 2. The highest BCUT2D eigenvalue weighted by Gasteiger charge is 2.45. The summed E-state index contributed by atoms with van der Waals surface area (Å²) < 4.78 is 4.21. The van der Waals surface area contributed by atoms with Gasteiger partial charge < -0.3 is 15.8 Å². The number of nitrogens with one attached hydrogen (secondary N) is 2. The van der Waals surface area contributed by atoms with E-state index in [1.165, 1.54) is 119 Å². The van der Waals surface area contributed by atoms with Gasteiger partial charge in [-0.15, -0.1) is 17.9 Å². The number of pyridine rings is 1. The second-order valence-corrected chi connectivity index (χ2v) is 20.8. The number of rotatable bonds is 6. The zero-order valence-electron chi connectivity index (χ0n) is 39.2. The molecule has 4 fully saturated rings. The Hall–Kier alpha value is -2.81. The van der Waals surface area contributed by atoms with Crippen LogP contribution < -0.4 is 15.8 Å². The molecule has 330 valence electrons. The molecule has 6 nitrogen and oxygen atoms in total. The van der Waals surface area contributed by atoms with Gasteiger partial charge >= 0.3 is 0 Å². The lowest BCUT2D eigenvalue weighted by Crippen LogP contribution is -2.29. The lowest BCUT2D eigenvalue weighted by Gasteiger charge is -2.18. The lowest BCUT2D eigenvalue weighted by atomic mass is 9.93. The molecule has 0 bridgehead atoms. The van der Waals surface area contributed by atoms with Crippen molar-refractivity contribution >= 4 is 39.3 Å². The van der Waals surface area contributed by atoms with Crippen LogP contribution in [-0.2, 0) is 6.42 Å². The third-order valence-electron chi connectivity index (χ3n) is 11.7. The zero-order valence-corrected chi connectivity index (χ0v) is 40.8. The first kappa shape index (κ1) is 50.5. The van der Waals surface area contributed by atoms with Crippen molar-refractivity contribution in [2.45, 2.75) is 182 Å². The number of likely N-dealkylation sites (tertiary alicyclic amines) is 1. The summed E-state index contributed by atoms with van der Waals surface area (Å²) in [7, 11) is 2.09. The number of thiazole rings is 1. The Morgan fingerprint density at radius 1 is 1.00 bits per heavy atom. The zero-order chi connectivity index (χ0) is 43.6. The number of anilines is 1. The summed E-state index contributed by atoms with van der Waals surface area (Å²) in [4.78, 5) is 11.7. The monoisotopic (exact) mass is 845 g/mol. The van der Waals surface area contributed by atoms with Crippen LogP contribution in [0.15, 0.2) is 66.9 Å². The third kappa shape index (κ3) is 18.0. The van der Waals surface area contributed by atoms with Gasteiger partial charge in [0.2, 0.25) is 0 Å². The normalized spacial score (nSPS) is 21.5. The van der Waals surface area contributed by atoms with Crippen LogP contribution in [0, 0.1) is 24.2 Å². The summed E-state index contributed by atoms with van der Waals surface area (Å²) in [5.74, 6) is 1.76. The van der Waals surface area contributed by atoms with Crippen molar-refractivity contribution in [1.29, 1.82) is 0 Å². The lowest BCUT2D eigenvalue weighted by molar-refractivity contribution is 0.343. The number of fused-ring (bicyclic) bond motifs is 2. The number of hydrogen-bond acceptors (Lipinski definition) is 8. The van der Waals surface area contributed by atoms with Gasteiger partial charge in [-0.2, -0.15) is 0 Å². The second kappa shape index (κ2) is 25.2. The average molecular weight is 845 g/mol. The van der Waals surface area contributed by atoms with E-state index in [4.69, 9.17) is 10.7 Å². The van der Waals surface area contributed by atoms with Gasteiger partial charge in [-0.05, 0) is 139 Å². The molecule has 59 heavy (non-hydrogen) atoms. The van der Waals surface area contributed by atoms with Crippen molar-refractivity contribution < 1.29 is 0 Å². The molecule has 3 atom stereocenters. The summed E-state index contributed by atoms with van der Waals surface area (Å²) in [5, 5.41) is 7.59. The molecular weight excluding hydrogens is 761 g/mol. The molecule has 8 heteroatoms. The molecule has 3 aromatic rings. The maximum Gasteiger partial charge on any atom is 0.183 e. The van der Waals surface area contributed by atoms with Gasteiger partial charge in [0, 0.05) is 44.9 Å². The van der Waals surface area contributed by atoms with Crippen LogP contribution in [0.4, 0.5) is 5.13 Å². The Morgan fingerprint density at radius 2 is 1.68 bits per heavy atom. The largest absolute Gasteiger partial charge is 0.401 e. The Balaban J connectivity index is 0.000000227. The smallest absolute Gasteiger partial charge is 0.183 e. The maximum absolute atomic E-state index is 5.55. The summed E-state index contributed by atoms with van der Waals surface area (Å²) in [6.45, 7) is 32.0. The van der Waals surface area contributed by atoms with Crippen molar-refractivity contribution in [3.8, 4) is 11.4 Å². The Morgan fingerprint density at radius 3 is 2.22 bits per heavy atom. The molecule has 2 saturated heterocycles. The number of likely N-dealkylation sites (N-methyl/N-ethyl adjacent to an activating group) is 1. The van der Waals surface area contributed by atoms with Crippen LogP contribution in [-0.4, -0.2) is 45.3 Å². The van der Waals surface area contributed by atoms with Crippen molar-refractivity contribution in [2.75, 3.05) is 18.9 Å². The van der Waals surface area contributed by atoms with Crippen LogP contribution in [0.5, 0.6) is 0 Å². The molecule has 4 heterocycles. The second-order valence-electron chi connectivity index (χ2n) is 18.7. The predicted octanol–water partition coefficient (Wildman–Crippen LogP) is 14.7. The van der Waals surface area contributed by atoms with Gasteiger partial charge in [-0.1, -0.05) is 118 Å². The van der Waals surface area contributed by atoms with Gasteiger partial charge in [0.25, 0.3) is 0 Å². The van der Waals surface area contributed by atoms with Crippen molar-refractivity contribution in [3.05, 3.63) is 78.0 Å². The first-order valence-electron chi connectivity index (χ1n) is 23.1. The number of benzene rings is 1. The fourth-order valence-electron chi connectivity index (χ4n) is 7.84. The van der Waals surface area contributed by atoms with E-state index < -0.39 is 0 Å². The summed E-state index contributed by atoms with van der Waals surface area (Å²) in [5.41, 5.74) is 13.6. The van der Waals surface area contributed by atoms with Gasteiger partial charge in [-0.3, -0.25) is 4.90 Å². The Kier molecular flexibility index (Phi) is 21.6. The average Bonchev–Trinajstić information content (AvgIpc) is 4.05. The van der Waals surface area contributed by atoms with E-state index in [1.54, 1.807) is 11.3 Å². The van der Waals surface area contributed by atoms with E-state index in [0.29, 0.717) is 22.2 Å². The predicted molar refractivity (Wildman–Crippen MR) is 265 cm³/mol. The van der Waals surface area contributed by atoms with Crippen molar-refractivity contribution in [3.63, 3.8) is 0 Å².